The Balaban J connectivity index is 1.17. The standard InChI is InChI=1S/C28H35N5O5/c1-18-4-3-5-25-24(18)7-9-33(28(25)37-16-23-14-29-17-38-23)15-21(34)13-31-27(35)19-6-8-30-26(10-19)32-20-11-22(12-20)36-2/h3-6,8,10,14,17,20-22,28,34H,7,9,11-13,15-16H2,1-2H3,(H,30,32)(H,31,35)/t20-,21-,22-,28?/m0/s1. The Morgan fingerprint density at radius 2 is 2.18 bits per heavy atom. The maximum absolute atomic E-state index is 12.8. The molecule has 1 saturated carbocycles. The molecule has 5 rings (SSSR count). The number of nitrogens with one attached hydrogen (secondary N) is 2. The fourth-order valence-corrected chi connectivity index (χ4v) is 5.11. The molecule has 1 aliphatic carbocycles. The molecule has 10 nitrogen and oxygen atoms in total. The molecule has 38 heavy (non-hydrogen) atoms. The highest BCUT2D eigenvalue weighted by molar-refractivity contribution is 5.94. The number of aryl methyl sites for hydroxylation is 1. The zero-order valence-electron chi connectivity index (χ0n) is 21.8. The van der Waals surface area contributed by atoms with Crippen LogP contribution in [0.4, 0.5) is 5.82 Å². The molecule has 202 valence electrons. The lowest BCUT2D eigenvalue weighted by atomic mass is 9.89. The van der Waals surface area contributed by atoms with Crippen molar-refractivity contribution in [1.29, 1.82) is 0 Å². The molecule has 1 fully saturated rings. The minimum atomic E-state index is -0.776. The third-order valence-corrected chi connectivity index (χ3v) is 7.31. The maximum Gasteiger partial charge on any atom is 0.251 e. The molecule has 1 aromatic carbocycles. The number of β-amino-alcohol motifs (C(OH)–C–C–N with tert-alkyl or cyclic N) is 1. The van der Waals surface area contributed by atoms with Gasteiger partial charge in [-0.1, -0.05) is 18.2 Å². The molecule has 3 aromatic rings. The molecule has 1 aliphatic heterocycles. The number of aliphatic hydroxyl groups excluding tert-OH is 1. The number of hydrogen-bond acceptors (Lipinski definition) is 9. The normalized spacial score (nSPS) is 21.8. The molecule has 0 bridgehead atoms. The highest BCUT2D eigenvalue weighted by atomic mass is 16.5. The van der Waals surface area contributed by atoms with Gasteiger partial charge in [-0.05, 0) is 55.0 Å². The third kappa shape index (κ3) is 6.21. The summed E-state index contributed by atoms with van der Waals surface area (Å²) in [4.78, 5) is 23.2. The highest BCUT2D eigenvalue weighted by Gasteiger charge is 2.31. The number of aliphatic hydroxyl groups is 1. The Bertz CT molecular complexity index is 1210. The van der Waals surface area contributed by atoms with Crippen LogP contribution in [0.5, 0.6) is 0 Å². The number of carbonyl (C=O) groups is 1. The number of rotatable bonds is 11. The molecular weight excluding hydrogens is 486 g/mol. The average Bonchev–Trinajstić information content (AvgIpc) is 3.42. The predicted octanol–water partition coefficient (Wildman–Crippen LogP) is 2.83. The predicted molar refractivity (Wildman–Crippen MR) is 141 cm³/mol. The second kappa shape index (κ2) is 12.0. The van der Waals surface area contributed by atoms with E-state index in [4.69, 9.17) is 13.9 Å². The molecule has 2 atom stereocenters. The van der Waals surface area contributed by atoms with Gasteiger partial charge in [0.2, 0.25) is 0 Å². The number of ether oxygens (including phenoxy) is 2. The number of nitrogens with zero attached hydrogens (tertiary/aromatic N) is 3. The zero-order valence-corrected chi connectivity index (χ0v) is 21.8. The first-order valence-corrected chi connectivity index (χ1v) is 13.0. The van der Waals surface area contributed by atoms with E-state index >= 15 is 0 Å². The van der Waals surface area contributed by atoms with Crippen molar-refractivity contribution in [2.24, 2.45) is 0 Å². The van der Waals surface area contributed by atoms with Gasteiger partial charge in [-0.15, -0.1) is 0 Å². The number of carbonyl (C=O) groups excluding carboxylic acids is 1. The van der Waals surface area contributed by atoms with Gasteiger partial charge in [0.05, 0.1) is 18.4 Å². The lowest BCUT2D eigenvalue weighted by molar-refractivity contribution is -0.0940. The molecule has 0 radical (unpaired) electrons. The number of fused-ring (bicyclic) bond motifs is 1. The summed E-state index contributed by atoms with van der Waals surface area (Å²) >= 11 is 0. The van der Waals surface area contributed by atoms with Crippen molar-refractivity contribution in [3.05, 3.63) is 77.1 Å². The lowest BCUT2D eigenvalue weighted by Crippen LogP contribution is -2.45. The number of benzene rings is 1. The largest absolute Gasteiger partial charge is 0.446 e. The monoisotopic (exact) mass is 521 g/mol. The molecule has 2 aliphatic rings. The van der Waals surface area contributed by atoms with E-state index in [2.05, 4.69) is 44.6 Å². The smallest absolute Gasteiger partial charge is 0.251 e. The van der Waals surface area contributed by atoms with Gasteiger partial charge in [0, 0.05) is 44.5 Å². The number of oxazole rings is 1. The maximum atomic E-state index is 12.8. The molecule has 2 aromatic heterocycles. The Morgan fingerprint density at radius 1 is 1.32 bits per heavy atom. The van der Waals surface area contributed by atoms with Crippen LogP contribution in [0.25, 0.3) is 0 Å². The quantitative estimate of drug-likeness (QED) is 0.350. The summed E-state index contributed by atoms with van der Waals surface area (Å²) in [7, 11) is 1.72. The summed E-state index contributed by atoms with van der Waals surface area (Å²) in [5.41, 5.74) is 4.08. The zero-order chi connectivity index (χ0) is 26.5. The average molecular weight is 522 g/mol. The van der Waals surface area contributed by atoms with Gasteiger partial charge in [0.15, 0.2) is 6.39 Å². The van der Waals surface area contributed by atoms with E-state index in [1.807, 2.05) is 6.07 Å². The first-order valence-electron chi connectivity index (χ1n) is 13.0. The number of anilines is 1. The highest BCUT2D eigenvalue weighted by Crippen LogP contribution is 2.33. The van der Waals surface area contributed by atoms with E-state index in [0.717, 1.165) is 31.4 Å². The molecule has 0 saturated heterocycles. The van der Waals surface area contributed by atoms with E-state index in [1.54, 1.807) is 31.6 Å². The van der Waals surface area contributed by atoms with Crippen LogP contribution in [0.2, 0.25) is 0 Å². The van der Waals surface area contributed by atoms with Crippen molar-refractivity contribution in [3.8, 4) is 0 Å². The second-order valence-corrected chi connectivity index (χ2v) is 9.98. The molecule has 3 N–H and O–H groups in total. The fraction of sp³-hybridized carbons (Fsp3) is 0.464. The summed E-state index contributed by atoms with van der Waals surface area (Å²) < 4.78 is 16.9. The number of aromatic nitrogens is 2. The first-order chi connectivity index (χ1) is 18.5. The van der Waals surface area contributed by atoms with E-state index in [1.165, 1.54) is 17.5 Å². The van der Waals surface area contributed by atoms with Gasteiger partial charge in [0.25, 0.3) is 5.91 Å². The molecule has 1 amide bonds. The van der Waals surface area contributed by atoms with Crippen molar-refractivity contribution in [1.82, 2.24) is 20.2 Å². The van der Waals surface area contributed by atoms with Crippen LogP contribution in [-0.2, 0) is 22.5 Å². The number of pyridine rings is 1. The first kappa shape index (κ1) is 26.3. The van der Waals surface area contributed by atoms with Gasteiger partial charge in [-0.25, -0.2) is 9.97 Å². The lowest BCUT2D eigenvalue weighted by Gasteiger charge is -2.38. The second-order valence-electron chi connectivity index (χ2n) is 9.98. The minimum absolute atomic E-state index is 0.119. The SMILES string of the molecule is CO[C@H]1C[C@H](Nc2cc(C(=O)NC[C@H](O)CN3CCc4c(C)cccc4C3OCc3cnco3)ccn2)C1. The molecule has 10 heteroatoms. The molecule has 1 unspecified atom stereocenters. The molecule has 0 spiro atoms. The van der Waals surface area contributed by atoms with Gasteiger partial charge >= 0.3 is 0 Å². The van der Waals surface area contributed by atoms with Gasteiger partial charge in [-0.2, -0.15) is 0 Å². The van der Waals surface area contributed by atoms with Crippen molar-refractivity contribution in [2.45, 2.75) is 57.3 Å². The van der Waals surface area contributed by atoms with Crippen molar-refractivity contribution >= 4 is 11.7 Å². The Hall–Kier alpha value is -3.31. The number of hydrogen-bond donors (Lipinski definition) is 3. The Kier molecular flexibility index (Phi) is 8.33. The van der Waals surface area contributed by atoms with E-state index < -0.39 is 6.10 Å². The Morgan fingerprint density at radius 3 is 2.97 bits per heavy atom. The summed E-state index contributed by atoms with van der Waals surface area (Å²) in [5.74, 6) is 1.04. The molecule has 3 heterocycles. The van der Waals surface area contributed by atoms with E-state index in [0.29, 0.717) is 29.7 Å². The fourth-order valence-electron chi connectivity index (χ4n) is 5.11. The number of methoxy groups -OCH3 is 1. The van der Waals surface area contributed by atoms with Crippen LogP contribution < -0.4 is 10.6 Å². The molecular formula is C28H35N5O5. The van der Waals surface area contributed by atoms with Gasteiger partial charge in [0.1, 0.15) is 24.4 Å². The van der Waals surface area contributed by atoms with Crippen LogP contribution in [0.1, 0.15) is 51.9 Å². The van der Waals surface area contributed by atoms with Crippen molar-refractivity contribution in [2.75, 3.05) is 32.1 Å². The summed E-state index contributed by atoms with van der Waals surface area (Å²) in [6.07, 6.45) is 6.51. The van der Waals surface area contributed by atoms with Gasteiger partial charge < -0.3 is 29.6 Å². The van der Waals surface area contributed by atoms with E-state index in [-0.39, 0.29) is 31.4 Å². The van der Waals surface area contributed by atoms with Crippen molar-refractivity contribution in [3.63, 3.8) is 0 Å². The third-order valence-electron chi connectivity index (χ3n) is 7.31. The van der Waals surface area contributed by atoms with Gasteiger partial charge in [-0.3, -0.25) is 9.69 Å². The van der Waals surface area contributed by atoms with Crippen LogP contribution in [0, 0.1) is 6.92 Å². The summed E-state index contributed by atoms with van der Waals surface area (Å²) in [6.45, 7) is 3.57. The van der Waals surface area contributed by atoms with Crippen LogP contribution in [0.3, 0.4) is 0 Å². The minimum Gasteiger partial charge on any atom is -0.446 e. The van der Waals surface area contributed by atoms with E-state index in [9.17, 15) is 9.90 Å². The number of amides is 1. The van der Waals surface area contributed by atoms with Crippen LogP contribution in [-0.4, -0.2) is 70.9 Å². The summed E-state index contributed by atoms with van der Waals surface area (Å²) in [6, 6.07) is 9.90. The van der Waals surface area contributed by atoms with Crippen molar-refractivity contribution < 1.29 is 23.8 Å². The topological polar surface area (TPSA) is 122 Å². The van der Waals surface area contributed by atoms with Crippen LogP contribution in [0.15, 0.2) is 53.5 Å². The summed E-state index contributed by atoms with van der Waals surface area (Å²) in [5, 5.41) is 17.1. The van der Waals surface area contributed by atoms with Crippen LogP contribution >= 0.6 is 0 Å². The Labute approximate surface area is 222 Å².